The Bertz CT molecular complexity index is 620. The third-order valence-corrected chi connectivity index (χ3v) is 5.21. The molecule has 1 unspecified atom stereocenters. The first-order valence-electron chi connectivity index (χ1n) is 8.43. The summed E-state index contributed by atoms with van der Waals surface area (Å²) in [5, 5.41) is 6.62. The van der Waals surface area contributed by atoms with Crippen LogP contribution >= 0.6 is 11.8 Å². The van der Waals surface area contributed by atoms with Gasteiger partial charge in [-0.05, 0) is 61.4 Å². The zero-order valence-electron chi connectivity index (χ0n) is 14.2. The molecule has 0 amide bonds. The van der Waals surface area contributed by atoms with Gasteiger partial charge in [0.25, 0.3) is 0 Å². The minimum Gasteiger partial charge on any atom is -0.493 e. The highest BCUT2D eigenvalue weighted by atomic mass is 32.2. The van der Waals surface area contributed by atoms with Crippen molar-refractivity contribution in [1.82, 2.24) is 10.6 Å². The molecule has 4 heteroatoms. The van der Waals surface area contributed by atoms with E-state index < -0.39 is 0 Å². The fraction of sp³-hybridized carbons (Fsp3) is 0.474. The lowest BCUT2D eigenvalue weighted by molar-refractivity contribution is 0.299. The van der Waals surface area contributed by atoms with Crippen LogP contribution in [-0.2, 0) is 0 Å². The Morgan fingerprint density at radius 3 is 2.70 bits per heavy atom. The number of nitrogens with one attached hydrogen (secondary N) is 2. The molecule has 2 aliphatic rings. The van der Waals surface area contributed by atoms with Crippen LogP contribution in [0.15, 0.2) is 40.9 Å². The van der Waals surface area contributed by atoms with Gasteiger partial charge in [-0.25, -0.2) is 0 Å². The molecular weight excluding hydrogens is 304 g/mol. The van der Waals surface area contributed by atoms with Gasteiger partial charge in [0, 0.05) is 23.2 Å². The van der Waals surface area contributed by atoms with Crippen molar-refractivity contribution in [2.24, 2.45) is 5.92 Å². The molecule has 0 heterocycles. The summed E-state index contributed by atoms with van der Waals surface area (Å²) in [6.07, 6.45) is 7.12. The van der Waals surface area contributed by atoms with Gasteiger partial charge in [-0.3, -0.25) is 0 Å². The van der Waals surface area contributed by atoms with E-state index in [-0.39, 0.29) is 6.04 Å². The number of rotatable bonds is 8. The lowest BCUT2D eigenvalue weighted by atomic mass is 10.1. The average molecular weight is 330 g/mol. The predicted molar refractivity (Wildman–Crippen MR) is 99.0 cm³/mol. The Labute approximate surface area is 143 Å². The number of likely N-dealkylation sites (N-methyl/N-ethyl adjacent to an activating group) is 2. The van der Waals surface area contributed by atoms with Crippen molar-refractivity contribution in [3.8, 4) is 5.75 Å². The molecule has 23 heavy (non-hydrogen) atoms. The van der Waals surface area contributed by atoms with Crippen LogP contribution in [0.5, 0.6) is 5.75 Å². The molecule has 0 bridgehead atoms. The van der Waals surface area contributed by atoms with Gasteiger partial charge in [0.15, 0.2) is 0 Å². The third-order valence-electron chi connectivity index (χ3n) is 4.34. The lowest BCUT2D eigenvalue weighted by Gasteiger charge is -2.13. The molecule has 3 rings (SSSR count). The first-order chi connectivity index (χ1) is 11.2. The maximum atomic E-state index is 6.12. The Kier molecular flexibility index (Phi) is 5.34. The van der Waals surface area contributed by atoms with Crippen LogP contribution in [0.3, 0.4) is 0 Å². The van der Waals surface area contributed by atoms with Gasteiger partial charge in [0.1, 0.15) is 5.75 Å². The van der Waals surface area contributed by atoms with Crippen LogP contribution in [0, 0.1) is 5.92 Å². The Hall–Kier alpha value is -1.39. The highest BCUT2D eigenvalue weighted by Crippen LogP contribution is 2.36. The molecule has 1 fully saturated rings. The van der Waals surface area contributed by atoms with Crippen molar-refractivity contribution < 1.29 is 4.74 Å². The van der Waals surface area contributed by atoms with Crippen molar-refractivity contribution in [2.75, 3.05) is 26.5 Å². The molecule has 0 spiro atoms. The quantitative estimate of drug-likeness (QED) is 0.713. The van der Waals surface area contributed by atoms with Gasteiger partial charge in [-0.15, -0.1) is 11.8 Å². The normalized spacial score (nSPS) is 20.2. The van der Waals surface area contributed by atoms with Crippen molar-refractivity contribution >= 4 is 17.3 Å². The Balaban J connectivity index is 1.90. The van der Waals surface area contributed by atoms with Crippen LogP contribution in [0.25, 0.3) is 5.57 Å². The third kappa shape index (κ3) is 3.93. The largest absolute Gasteiger partial charge is 0.493 e. The monoisotopic (exact) mass is 330 g/mol. The highest BCUT2D eigenvalue weighted by Gasteiger charge is 2.24. The fourth-order valence-electron chi connectivity index (χ4n) is 2.82. The fourth-order valence-corrected chi connectivity index (χ4v) is 3.52. The van der Waals surface area contributed by atoms with Crippen LogP contribution in [0.1, 0.15) is 25.3 Å². The van der Waals surface area contributed by atoms with Crippen LogP contribution in [-0.4, -0.2) is 32.5 Å². The van der Waals surface area contributed by atoms with Gasteiger partial charge < -0.3 is 15.4 Å². The topological polar surface area (TPSA) is 33.3 Å². The van der Waals surface area contributed by atoms with E-state index in [0.717, 1.165) is 24.0 Å². The first kappa shape index (κ1) is 16.5. The lowest BCUT2D eigenvalue weighted by Crippen LogP contribution is -2.29. The van der Waals surface area contributed by atoms with E-state index in [1.807, 2.05) is 25.9 Å². The summed E-state index contributed by atoms with van der Waals surface area (Å²) in [6.45, 7) is 3.03. The molecule has 0 aliphatic heterocycles. The van der Waals surface area contributed by atoms with E-state index in [9.17, 15) is 0 Å². The summed E-state index contributed by atoms with van der Waals surface area (Å²) in [5.74, 6) is 2.85. The van der Waals surface area contributed by atoms with Gasteiger partial charge >= 0.3 is 0 Å². The molecule has 1 aromatic rings. The number of ether oxygens (including phenoxy) is 1. The zero-order valence-corrected chi connectivity index (χ0v) is 15.0. The number of thioether (sulfide) groups is 1. The molecule has 1 atom stereocenters. The Morgan fingerprint density at radius 2 is 2.09 bits per heavy atom. The minimum atomic E-state index is 0.244. The molecule has 1 saturated carbocycles. The zero-order chi connectivity index (χ0) is 16.2. The number of allylic oxidation sites excluding steroid dienone is 2. The predicted octanol–water partition coefficient (Wildman–Crippen LogP) is 3.68. The first-order valence-corrected chi connectivity index (χ1v) is 9.42. The molecule has 2 N–H and O–H groups in total. The van der Waals surface area contributed by atoms with Gasteiger partial charge in [-0.2, -0.15) is 0 Å². The second kappa shape index (κ2) is 7.45. The van der Waals surface area contributed by atoms with Crippen LogP contribution in [0.4, 0.5) is 0 Å². The smallest absolute Gasteiger partial charge is 0.127 e. The second-order valence-electron chi connectivity index (χ2n) is 6.08. The van der Waals surface area contributed by atoms with E-state index in [0.29, 0.717) is 0 Å². The average Bonchev–Trinajstić information content (AvgIpc) is 3.31. The van der Waals surface area contributed by atoms with E-state index >= 15 is 0 Å². The summed E-state index contributed by atoms with van der Waals surface area (Å²) in [5.41, 5.74) is 3.64. The van der Waals surface area contributed by atoms with Crippen molar-refractivity contribution in [3.63, 3.8) is 0 Å². The van der Waals surface area contributed by atoms with Gasteiger partial charge in [-0.1, -0.05) is 13.0 Å². The summed E-state index contributed by atoms with van der Waals surface area (Å²) in [7, 11) is 3.96. The standard InChI is InChI=1S/C19H26N2OS/c1-4-23-15-7-8-19(22-12-13-5-6-13)16(11-15)14-9-17(20-2)18(10-14)21-3/h7-11,13,17,20-21H,4-6,12H2,1-3H3. The highest BCUT2D eigenvalue weighted by molar-refractivity contribution is 7.99. The van der Waals surface area contributed by atoms with Crippen molar-refractivity contribution in [1.29, 1.82) is 0 Å². The SMILES string of the molecule is CCSc1ccc(OCC2CC2)c(C2=CC(NC)C(NC)=C2)c1. The summed E-state index contributed by atoms with van der Waals surface area (Å²) in [4.78, 5) is 1.30. The molecule has 1 aromatic carbocycles. The summed E-state index contributed by atoms with van der Waals surface area (Å²) >= 11 is 1.87. The van der Waals surface area contributed by atoms with Crippen molar-refractivity contribution in [2.45, 2.75) is 30.7 Å². The number of hydrogen-bond acceptors (Lipinski definition) is 4. The minimum absolute atomic E-state index is 0.244. The van der Waals surface area contributed by atoms with Gasteiger partial charge in [0.2, 0.25) is 0 Å². The number of benzene rings is 1. The number of hydrogen-bond donors (Lipinski definition) is 2. The van der Waals surface area contributed by atoms with E-state index in [2.05, 4.69) is 47.9 Å². The molecule has 0 saturated heterocycles. The van der Waals surface area contributed by atoms with E-state index in [1.54, 1.807) is 0 Å². The van der Waals surface area contributed by atoms with Gasteiger partial charge in [0.05, 0.1) is 12.6 Å². The second-order valence-corrected chi connectivity index (χ2v) is 7.42. The molecular formula is C19H26N2OS. The Morgan fingerprint density at radius 1 is 1.26 bits per heavy atom. The molecule has 2 aliphatic carbocycles. The van der Waals surface area contributed by atoms with E-state index in [1.165, 1.54) is 34.6 Å². The van der Waals surface area contributed by atoms with Crippen LogP contribution in [0.2, 0.25) is 0 Å². The molecule has 0 aromatic heterocycles. The molecule has 124 valence electrons. The maximum absolute atomic E-state index is 6.12. The van der Waals surface area contributed by atoms with E-state index in [4.69, 9.17) is 4.74 Å². The molecule has 3 nitrogen and oxygen atoms in total. The molecule has 0 radical (unpaired) electrons. The maximum Gasteiger partial charge on any atom is 0.127 e. The van der Waals surface area contributed by atoms with Crippen LogP contribution < -0.4 is 15.4 Å². The van der Waals surface area contributed by atoms with Crippen molar-refractivity contribution in [3.05, 3.63) is 41.6 Å². The summed E-state index contributed by atoms with van der Waals surface area (Å²) < 4.78 is 6.12. The summed E-state index contributed by atoms with van der Waals surface area (Å²) in [6, 6.07) is 6.82.